The van der Waals surface area contributed by atoms with E-state index in [1.165, 1.54) is 11.1 Å². The van der Waals surface area contributed by atoms with Gasteiger partial charge in [0.05, 0.1) is 0 Å². The first-order valence-electron chi connectivity index (χ1n) is 3.10. The Labute approximate surface area is 75.1 Å². The molecule has 0 saturated heterocycles. The molecule has 2 heteroatoms. The molecule has 0 nitrogen and oxygen atoms in total. The average molecular weight is 215 g/mol. The van der Waals surface area contributed by atoms with Crippen LogP contribution in [0.25, 0.3) is 0 Å². The van der Waals surface area contributed by atoms with Crippen molar-refractivity contribution in [2.45, 2.75) is 12.1 Å². The van der Waals surface area contributed by atoms with Gasteiger partial charge in [-0.3, -0.25) is 0 Å². The summed E-state index contributed by atoms with van der Waals surface area (Å²) in [6, 6.07) is 6.00. The van der Waals surface area contributed by atoms with Crippen molar-refractivity contribution >= 4 is 28.5 Å². The molecule has 52 valence electrons. The van der Waals surface area contributed by atoms with E-state index in [2.05, 4.69) is 22.9 Å². The Balaban J connectivity index is 3.14. The van der Waals surface area contributed by atoms with Gasteiger partial charge in [0.25, 0.3) is 0 Å². The van der Waals surface area contributed by atoms with Crippen molar-refractivity contribution < 1.29 is 0 Å². The molecule has 0 amide bonds. The van der Waals surface area contributed by atoms with Gasteiger partial charge < -0.3 is 0 Å². The zero-order chi connectivity index (χ0) is 7.56. The Morgan fingerprint density at radius 1 is 1.50 bits per heavy atom. The minimum atomic E-state index is 0.864. The number of rotatable bonds is 1. The maximum absolute atomic E-state index is 5.89. The molecule has 0 unspecified atom stereocenters. The summed E-state index contributed by atoms with van der Waals surface area (Å²) in [5.41, 5.74) is 2.51. The fourth-order valence-corrected chi connectivity index (χ4v) is 1.74. The van der Waals surface area contributed by atoms with Gasteiger partial charge in [0.2, 0.25) is 0 Å². The van der Waals surface area contributed by atoms with E-state index in [1.807, 2.05) is 19.1 Å². The van der Waals surface area contributed by atoms with Crippen LogP contribution >= 0.6 is 11.6 Å². The van der Waals surface area contributed by atoms with Crippen LogP contribution in [0.15, 0.2) is 18.2 Å². The molecule has 1 aromatic carbocycles. The molecule has 2 radical (unpaired) electrons. The fourth-order valence-electron chi connectivity index (χ4n) is 0.823. The molecule has 10 heavy (non-hydrogen) atoms. The fraction of sp³-hybridized carbons (Fsp3) is 0.250. The Bertz CT molecular complexity index is 233. The van der Waals surface area contributed by atoms with Crippen molar-refractivity contribution in [3.8, 4) is 0 Å². The summed E-state index contributed by atoms with van der Waals surface area (Å²) < 4.78 is 0. The Hall–Kier alpha value is 0.0684. The van der Waals surface area contributed by atoms with E-state index < -0.39 is 0 Å². The Morgan fingerprint density at radius 2 is 2.20 bits per heavy atom. The summed E-state index contributed by atoms with van der Waals surface area (Å²) in [5, 5.41) is 1.86. The topological polar surface area (TPSA) is 0 Å². The predicted molar refractivity (Wildman–Crippen MR) is 45.6 cm³/mol. The molecular weight excluding hydrogens is 206 g/mol. The Kier molecular flexibility index (Phi) is 2.82. The van der Waals surface area contributed by atoms with Gasteiger partial charge in [-0.25, -0.2) is 0 Å². The monoisotopic (exact) mass is 214 g/mol. The molecule has 0 aliphatic carbocycles. The second-order valence-electron chi connectivity index (χ2n) is 2.18. The first-order valence-corrected chi connectivity index (χ1v) is 4.81. The maximum atomic E-state index is 5.89. The first kappa shape index (κ1) is 8.17. The molecule has 0 atom stereocenters. The van der Waals surface area contributed by atoms with Gasteiger partial charge >= 0.3 is 74.9 Å². The summed E-state index contributed by atoms with van der Waals surface area (Å²) >= 11 is 8.44. The average Bonchev–Trinajstić information content (AvgIpc) is 1.95. The van der Waals surface area contributed by atoms with Crippen LogP contribution in [0.1, 0.15) is 11.1 Å². The van der Waals surface area contributed by atoms with Gasteiger partial charge in [0.1, 0.15) is 0 Å². The van der Waals surface area contributed by atoms with Crippen LogP contribution in [0.2, 0.25) is 5.02 Å². The molecule has 0 aliphatic heterocycles. The zero-order valence-corrected chi connectivity index (χ0v) is 8.40. The Morgan fingerprint density at radius 3 is 2.70 bits per heavy atom. The molecule has 0 aromatic heterocycles. The van der Waals surface area contributed by atoms with Crippen molar-refractivity contribution in [2.24, 2.45) is 0 Å². The summed E-state index contributed by atoms with van der Waals surface area (Å²) in [5.74, 6) is 0. The quantitative estimate of drug-likeness (QED) is 0.630. The van der Waals surface area contributed by atoms with Gasteiger partial charge in [0.15, 0.2) is 0 Å². The molecule has 0 fully saturated rings. The third-order valence-corrected chi connectivity index (χ3v) is 2.67. The van der Waals surface area contributed by atoms with E-state index in [9.17, 15) is 0 Å². The van der Waals surface area contributed by atoms with E-state index in [1.54, 1.807) is 0 Å². The molecule has 0 heterocycles. The van der Waals surface area contributed by atoms with Crippen molar-refractivity contribution in [3.05, 3.63) is 34.3 Å². The third-order valence-electron chi connectivity index (χ3n) is 1.55. The summed E-state index contributed by atoms with van der Waals surface area (Å²) in [6.07, 6.45) is 0. The van der Waals surface area contributed by atoms with Gasteiger partial charge in [-0.05, 0) is 0 Å². The molecule has 1 aromatic rings. The van der Waals surface area contributed by atoms with Crippen LogP contribution in [-0.4, -0.2) is 16.9 Å². The molecule has 1 rings (SSSR count). The van der Waals surface area contributed by atoms with Crippen LogP contribution in [-0.2, 0) is 5.21 Å². The van der Waals surface area contributed by atoms with Crippen molar-refractivity contribution in [3.63, 3.8) is 0 Å². The van der Waals surface area contributed by atoms with E-state index in [4.69, 9.17) is 11.6 Å². The normalized spacial score (nSPS) is 9.90. The standard InChI is InChI=1S/C8H8AsCl/c1-6-7(5-9)3-2-4-8(6)10/h2-4H,5H2,1H3. The summed E-state index contributed by atoms with van der Waals surface area (Å²) in [7, 11) is 0. The molecule has 0 spiro atoms. The van der Waals surface area contributed by atoms with Crippen molar-refractivity contribution in [2.75, 3.05) is 0 Å². The van der Waals surface area contributed by atoms with Crippen LogP contribution < -0.4 is 0 Å². The van der Waals surface area contributed by atoms with E-state index in [0.717, 1.165) is 10.2 Å². The second kappa shape index (κ2) is 3.46. The molecule has 0 N–H and O–H groups in total. The van der Waals surface area contributed by atoms with Crippen LogP contribution in [0.4, 0.5) is 0 Å². The predicted octanol–water partition coefficient (Wildman–Crippen LogP) is 2.32. The van der Waals surface area contributed by atoms with Gasteiger partial charge in [-0.2, -0.15) is 0 Å². The minimum absolute atomic E-state index is 0.864. The van der Waals surface area contributed by atoms with E-state index >= 15 is 0 Å². The molecule has 0 saturated carbocycles. The van der Waals surface area contributed by atoms with Crippen LogP contribution in [0.5, 0.6) is 0 Å². The molecule has 0 aliphatic rings. The number of hydrogen-bond acceptors (Lipinski definition) is 0. The number of halogens is 1. The van der Waals surface area contributed by atoms with Crippen LogP contribution in [0, 0.1) is 6.92 Å². The number of benzene rings is 1. The summed E-state index contributed by atoms with van der Waals surface area (Å²) in [4.78, 5) is 0. The number of hydrogen-bond donors (Lipinski definition) is 0. The SMILES string of the molecule is Cc1c(Cl)cccc1C[As]. The molecular formula is C8H8AsCl. The van der Waals surface area contributed by atoms with E-state index in [0.29, 0.717) is 0 Å². The van der Waals surface area contributed by atoms with Gasteiger partial charge in [-0.1, -0.05) is 0 Å². The summed E-state index contributed by atoms with van der Waals surface area (Å²) in [6.45, 7) is 2.05. The third kappa shape index (κ3) is 1.56. The van der Waals surface area contributed by atoms with Crippen LogP contribution in [0.3, 0.4) is 0 Å². The van der Waals surface area contributed by atoms with Gasteiger partial charge in [0, 0.05) is 0 Å². The molecule has 0 bridgehead atoms. The van der Waals surface area contributed by atoms with Crippen molar-refractivity contribution in [1.82, 2.24) is 0 Å². The van der Waals surface area contributed by atoms with Crippen molar-refractivity contribution in [1.29, 1.82) is 0 Å². The van der Waals surface area contributed by atoms with Gasteiger partial charge in [-0.15, -0.1) is 0 Å². The van der Waals surface area contributed by atoms with E-state index in [-0.39, 0.29) is 0 Å². The zero-order valence-electron chi connectivity index (χ0n) is 5.76. The second-order valence-corrected chi connectivity index (χ2v) is 3.25. The first-order chi connectivity index (χ1) is 4.75.